The predicted molar refractivity (Wildman–Crippen MR) is 94.3 cm³/mol. The van der Waals surface area contributed by atoms with Crippen LogP contribution in [-0.2, 0) is 9.53 Å². The van der Waals surface area contributed by atoms with Crippen molar-refractivity contribution in [3.8, 4) is 17.2 Å². The van der Waals surface area contributed by atoms with Gasteiger partial charge in [-0.2, -0.15) is 0 Å². The van der Waals surface area contributed by atoms with Crippen LogP contribution in [0.1, 0.15) is 18.1 Å². The van der Waals surface area contributed by atoms with Crippen molar-refractivity contribution in [1.82, 2.24) is 0 Å². The summed E-state index contributed by atoms with van der Waals surface area (Å²) >= 11 is 0. The van der Waals surface area contributed by atoms with Crippen LogP contribution in [0.5, 0.6) is 17.2 Å². The average Bonchev–Trinajstić information content (AvgIpc) is 2.99. The highest BCUT2D eigenvalue weighted by molar-refractivity contribution is 6.05. The molecular formula is C20H18O5. The maximum absolute atomic E-state index is 12.1. The van der Waals surface area contributed by atoms with E-state index < -0.39 is 5.97 Å². The van der Waals surface area contributed by atoms with E-state index in [1.807, 2.05) is 19.1 Å². The smallest absolute Gasteiger partial charge is 0.343 e. The molecule has 0 atom stereocenters. The van der Waals surface area contributed by atoms with Crippen LogP contribution in [0.4, 0.5) is 0 Å². The fourth-order valence-electron chi connectivity index (χ4n) is 2.46. The fraction of sp³-hybridized carbons (Fsp3) is 0.150. The van der Waals surface area contributed by atoms with Crippen molar-refractivity contribution in [2.24, 2.45) is 0 Å². The lowest BCUT2D eigenvalue weighted by Gasteiger charge is -2.06. The Morgan fingerprint density at radius 3 is 2.60 bits per heavy atom. The van der Waals surface area contributed by atoms with Crippen molar-refractivity contribution in [3.05, 3.63) is 65.2 Å². The number of cyclic esters (lactones) is 1. The van der Waals surface area contributed by atoms with Crippen molar-refractivity contribution in [3.63, 3.8) is 0 Å². The third-order valence-corrected chi connectivity index (χ3v) is 3.71. The molecule has 2 aromatic carbocycles. The second-order valence-electron chi connectivity index (χ2n) is 5.39. The van der Waals surface area contributed by atoms with Crippen molar-refractivity contribution in [2.45, 2.75) is 6.92 Å². The number of phenols is 1. The summed E-state index contributed by atoms with van der Waals surface area (Å²) in [4.78, 5) is 12.1. The van der Waals surface area contributed by atoms with Gasteiger partial charge in [-0.3, -0.25) is 0 Å². The third kappa shape index (κ3) is 3.66. The molecule has 0 fully saturated rings. The zero-order valence-electron chi connectivity index (χ0n) is 14.0. The van der Waals surface area contributed by atoms with Gasteiger partial charge in [0.1, 0.15) is 11.5 Å². The van der Waals surface area contributed by atoms with E-state index in [0.717, 1.165) is 16.9 Å². The Balaban J connectivity index is 1.88. The van der Waals surface area contributed by atoms with Gasteiger partial charge < -0.3 is 19.3 Å². The molecule has 1 aliphatic rings. The Labute approximate surface area is 145 Å². The van der Waals surface area contributed by atoms with Gasteiger partial charge in [0.15, 0.2) is 11.5 Å². The minimum atomic E-state index is -0.420. The molecule has 1 heterocycles. The summed E-state index contributed by atoms with van der Waals surface area (Å²) in [6, 6.07) is 12.2. The topological polar surface area (TPSA) is 65.0 Å². The molecule has 128 valence electrons. The lowest BCUT2D eigenvalue weighted by molar-refractivity contribution is -0.130. The van der Waals surface area contributed by atoms with Gasteiger partial charge >= 0.3 is 5.97 Å². The van der Waals surface area contributed by atoms with E-state index in [1.54, 1.807) is 43.5 Å². The van der Waals surface area contributed by atoms with E-state index in [9.17, 15) is 9.90 Å². The molecule has 5 nitrogen and oxygen atoms in total. The summed E-state index contributed by atoms with van der Waals surface area (Å²) in [6.07, 6.45) is 3.39. The van der Waals surface area contributed by atoms with Crippen LogP contribution >= 0.6 is 0 Å². The predicted octanol–water partition coefficient (Wildman–Crippen LogP) is 3.78. The monoisotopic (exact) mass is 338 g/mol. The molecule has 2 aromatic rings. The number of hydrogen-bond donors (Lipinski definition) is 1. The lowest BCUT2D eigenvalue weighted by Crippen LogP contribution is -1.97. The highest BCUT2D eigenvalue weighted by Gasteiger charge is 2.22. The van der Waals surface area contributed by atoms with E-state index in [2.05, 4.69) is 0 Å². The van der Waals surface area contributed by atoms with Gasteiger partial charge in [0.2, 0.25) is 0 Å². The summed E-state index contributed by atoms with van der Waals surface area (Å²) in [6.45, 7) is 2.28. The zero-order chi connectivity index (χ0) is 17.8. The maximum atomic E-state index is 12.1. The third-order valence-electron chi connectivity index (χ3n) is 3.71. The standard InChI is InChI=1S/C20H18O5/c1-3-24-19-11-13(4-9-17(19)21)10-15-12-18(25-20(15)22)14-5-7-16(23-2)8-6-14/h4-12,21H,3H2,1-2H3/b15-10+. The zero-order valence-corrected chi connectivity index (χ0v) is 14.0. The van der Waals surface area contributed by atoms with Crippen molar-refractivity contribution >= 4 is 17.8 Å². The first-order valence-corrected chi connectivity index (χ1v) is 7.86. The summed E-state index contributed by atoms with van der Waals surface area (Å²) in [5.74, 6) is 1.24. The first kappa shape index (κ1) is 16.6. The normalized spacial score (nSPS) is 15.0. The molecule has 25 heavy (non-hydrogen) atoms. The van der Waals surface area contributed by atoms with Crippen LogP contribution in [-0.4, -0.2) is 24.8 Å². The van der Waals surface area contributed by atoms with Gasteiger partial charge in [0, 0.05) is 5.56 Å². The summed E-state index contributed by atoms with van der Waals surface area (Å²) in [5, 5.41) is 9.75. The number of methoxy groups -OCH3 is 1. The Bertz CT molecular complexity index is 847. The van der Waals surface area contributed by atoms with Crippen LogP contribution in [0, 0.1) is 0 Å². The molecule has 0 unspecified atom stereocenters. The summed E-state index contributed by atoms with van der Waals surface area (Å²) in [5.41, 5.74) is 1.96. The van der Waals surface area contributed by atoms with E-state index in [-0.39, 0.29) is 5.75 Å². The Morgan fingerprint density at radius 2 is 1.92 bits per heavy atom. The molecule has 0 radical (unpaired) electrons. The maximum Gasteiger partial charge on any atom is 0.343 e. The van der Waals surface area contributed by atoms with E-state index in [0.29, 0.717) is 23.7 Å². The molecule has 1 aliphatic heterocycles. The van der Waals surface area contributed by atoms with Gasteiger partial charge in [-0.25, -0.2) is 4.79 Å². The second kappa shape index (κ2) is 7.13. The summed E-state index contributed by atoms with van der Waals surface area (Å²) in [7, 11) is 1.60. The van der Waals surface area contributed by atoms with Crippen molar-refractivity contribution < 1.29 is 24.1 Å². The second-order valence-corrected chi connectivity index (χ2v) is 5.39. The minimum Gasteiger partial charge on any atom is -0.504 e. The van der Waals surface area contributed by atoms with Gasteiger partial charge in [0.25, 0.3) is 0 Å². The number of carbonyl (C=O) groups is 1. The quantitative estimate of drug-likeness (QED) is 0.664. The van der Waals surface area contributed by atoms with Crippen molar-refractivity contribution in [2.75, 3.05) is 13.7 Å². The molecule has 0 aliphatic carbocycles. The SMILES string of the molecule is CCOc1cc(/C=C2\C=C(c3ccc(OC)cc3)OC2=O)ccc1O. The average molecular weight is 338 g/mol. The van der Waals surface area contributed by atoms with E-state index in [4.69, 9.17) is 14.2 Å². The van der Waals surface area contributed by atoms with E-state index >= 15 is 0 Å². The first-order valence-electron chi connectivity index (χ1n) is 7.86. The van der Waals surface area contributed by atoms with Crippen molar-refractivity contribution in [1.29, 1.82) is 0 Å². The molecule has 0 bridgehead atoms. The number of phenolic OH excluding ortho intramolecular Hbond substituents is 1. The molecule has 5 heteroatoms. The van der Waals surface area contributed by atoms with Crippen LogP contribution in [0.2, 0.25) is 0 Å². The molecule has 1 N–H and O–H groups in total. The molecule has 0 aromatic heterocycles. The molecule has 0 saturated carbocycles. The Morgan fingerprint density at radius 1 is 1.16 bits per heavy atom. The largest absolute Gasteiger partial charge is 0.504 e. The fourth-order valence-corrected chi connectivity index (χ4v) is 2.46. The van der Waals surface area contributed by atoms with Gasteiger partial charge in [0.05, 0.1) is 19.3 Å². The van der Waals surface area contributed by atoms with E-state index in [1.165, 1.54) is 6.07 Å². The Hall–Kier alpha value is -3.21. The highest BCUT2D eigenvalue weighted by atomic mass is 16.5. The van der Waals surface area contributed by atoms with Gasteiger partial charge in [-0.05, 0) is 61.0 Å². The molecular weight excluding hydrogens is 320 g/mol. The van der Waals surface area contributed by atoms with Crippen LogP contribution in [0.15, 0.2) is 54.1 Å². The minimum absolute atomic E-state index is 0.0625. The molecule has 3 rings (SSSR count). The van der Waals surface area contributed by atoms with Crippen LogP contribution in [0.25, 0.3) is 11.8 Å². The van der Waals surface area contributed by atoms with Crippen LogP contribution in [0.3, 0.4) is 0 Å². The number of aromatic hydroxyl groups is 1. The Kier molecular flexibility index (Phi) is 4.75. The highest BCUT2D eigenvalue weighted by Crippen LogP contribution is 2.31. The van der Waals surface area contributed by atoms with Gasteiger partial charge in [-0.15, -0.1) is 0 Å². The summed E-state index contributed by atoms with van der Waals surface area (Å²) < 4.78 is 15.8. The number of esters is 1. The molecule has 0 saturated heterocycles. The number of ether oxygens (including phenoxy) is 3. The molecule has 0 spiro atoms. The number of benzene rings is 2. The number of rotatable bonds is 5. The lowest BCUT2D eigenvalue weighted by atomic mass is 10.1. The van der Waals surface area contributed by atoms with Gasteiger partial charge in [-0.1, -0.05) is 6.07 Å². The first-order chi connectivity index (χ1) is 12.1. The van der Waals surface area contributed by atoms with Crippen LogP contribution < -0.4 is 9.47 Å². The number of carbonyl (C=O) groups excluding carboxylic acids is 1. The molecule has 0 amide bonds. The number of hydrogen-bond acceptors (Lipinski definition) is 5.